The minimum atomic E-state index is -3.55. The summed E-state index contributed by atoms with van der Waals surface area (Å²) in [6, 6.07) is 13.3. The van der Waals surface area contributed by atoms with Gasteiger partial charge in [-0.3, -0.25) is 4.79 Å². The van der Waals surface area contributed by atoms with E-state index in [0.717, 1.165) is 5.56 Å². The van der Waals surface area contributed by atoms with Crippen LogP contribution in [-0.4, -0.2) is 27.0 Å². The lowest BCUT2D eigenvalue weighted by Gasteiger charge is -2.12. The highest BCUT2D eigenvalue weighted by Crippen LogP contribution is 2.17. The van der Waals surface area contributed by atoms with Crippen LogP contribution in [0.1, 0.15) is 25.8 Å². The number of amides is 1. The number of ether oxygens (including phenoxy) is 1. The van der Waals surface area contributed by atoms with Crippen LogP contribution < -0.4 is 14.8 Å². The van der Waals surface area contributed by atoms with Gasteiger partial charge in [0.2, 0.25) is 10.0 Å². The summed E-state index contributed by atoms with van der Waals surface area (Å²) < 4.78 is 32.4. The van der Waals surface area contributed by atoms with Crippen LogP contribution in [0.15, 0.2) is 53.4 Å². The van der Waals surface area contributed by atoms with Crippen molar-refractivity contribution in [1.82, 2.24) is 4.72 Å². The SMILES string of the molecule is CC[C@H](C)NS(=O)(=O)c1ccc(OCC(=O)Nc2cccc(C)c2)cc1. The Balaban J connectivity index is 1.92. The maximum Gasteiger partial charge on any atom is 0.262 e. The molecule has 26 heavy (non-hydrogen) atoms. The van der Waals surface area contributed by atoms with E-state index in [1.165, 1.54) is 24.3 Å². The summed E-state index contributed by atoms with van der Waals surface area (Å²) in [5.74, 6) is 0.137. The van der Waals surface area contributed by atoms with Crippen molar-refractivity contribution >= 4 is 21.6 Å². The fraction of sp³-hybridized carbons (Fsp3) is 0.316. The number of benzene rings is 2. The van der Waals surface area contributed by atoms with Crippen molar-refractivity contribution in [1.29, 1.82) is 0 Å². The minimum absolute atomic E-state index is 0.138. The minimum Gasteiger partial charge on any atom is -0.484 e. The second-order valence-electron chi connectivity index (χ2n) is 6.11. The zero-order valence-electron chi connectivity index (χ0n) is 15.2. The molecule has 0 bridgehead atoms. The Morgan fingerprint density at radius 2 is 1.85 bits per heavy atom. The largest absolute Gasteiger partial charge is 0.484 e. The van der Waals surface area contributed by atoms with Gasteiger partial charge in [0.25, 0.3) is 5.91 Å². The average molecular weight is 376 g/mol. The Labute approximate surface area is 154 Å². The lowest BCUT2D eigenvalue weighted by Crippen LogP contribution is -2.31. The number of sulfonamides is 1. The molecule has 0 aliphatic rings. The van der Waals surface area contributed by atoms with Gasteiger partial charge in [-0.1, -0.05) is 19.1 Å². The van der Waals surface area contributed by atoms with Crippen LogP contribution in [-0.2, 0) is 14.8 Å². The first-order chi connectivity index (χ1) is 12.3. The zero-order chi connectivity index (χ0) is 19.2. The van der Waals surface area contributed by atoms with Crippen molar-refractivity contribution in [2.24, 2.45) is 0 Å². The molecule has 0 aliphatic carbocycles. The number of nitrogens with one attached hydrogen (secondary N) is 2. The number of aryl methyl sites for hydroxylation is 1. The van der Waals surface area contributed by atoms with Gasteiger partial charge in [-0.15, -0.1) is 0 Å². The molecule has 6 nitrogen and oxygen atoms in total. The maximum atomic E-state index is 12.2. The van der Waals surface area contributed by atoms with E-state index in [9.17, 15) is 13.2 Å². The van der Waals surface area contributed by atoms with Crippen molar-refractivity contribution in [3.8, 4) is 5.75 Å². The predicted molar refractivity (Wildman–Crippen MR) is 102 cm³/mol. The highest BCUT2D eigenvalue weighted by atomic mass is 32.2. The van der Waals surface area contributed by atoms with Crippen molar-refractivity contribution in [3.05, 3.63) is 54.1 Å². The van der Waals surface area contributed by atoms with Crippen LogP contribution in [0.2, 0.25) is 0 Å². The first kappa shape index (κ1) is 19.9. The summed E-state index contributed by atoms with van der Waals surface area (Å²) in [7, 11) is -3.55. The van der Waals surface area contributed by atoms with Gasteiger partial charge < -0.3 is 10.1 Å². The van der Waals surface area contributed by atoms with E-state index in [0.29, 0.717) is 17.9 Å². The van der Waals surface area contributed by atoms with Gasteiger partial charge in [0, 0.05) is 11.7 Å². The van der Waals surface area contributed by atoms with Crippen LogP contribution >= 0.6 is 0 Å². The summed E-state index contributed by atoms with van der Waals surface area (Å²) in [4.78, 5) is 12.1. The molecular weight excluding hydrogens is 352 g/mol. The van der Waals surface area contributed by atoms with Gasteiger partial charge in [-0.25, -0.2) is 13.1 Å². The van der Waals surface area contributed by atoms with E-state index in [1.54, 1.807) is 6.07 Å². The molecule has 7 heteroatoms. The molecule has 1 atom stereocenters. The summed E-state index contributed by atoms with van der Waals surface area (Å²) in [6.45, 7) is 5.50. The summed E-state index contributed by atoms with van der Waals surface area (Å²) >= 11 is 0. The third kappa shape index (κ3) is 5.86. The summed E-state index contributed by atoms with van der Waals surface area (Å²) in [6.07, 6.45) is 0.705. The predicted octanol–water partition coefficient (Wildman–Crippen LogP) is 3.09. The molecule has 0 heterocycles. The van der Waals surface area contributed by atoms with Crippen molar-refractivity contribution in [2.75, 3.05) is 11.9 Å². The highest BCUT2D eigenvalue weighted by Gasteiger charge is 2.16. The van der Waals surface area contributed by atoms with Gasteiger partial charge in [0.1, 0.15) is 5.75 Å². The van der Waals surface area contributed by atoms with Gasteiger partial charge in [-0.2, -0.15) is 0 Å². The molecule has 0 spiro atoms. The lowest BCUT2D eigenvalue weighted by atomic mass is 10.2. The van der Waals surface area contributed by atoms with Gasteiger partial charge in [0.15, 0.2) is 6.61 Å². The number of carbonyl (C=O) groups is 1. The highest BCUT2D eigenvalue weighted by molar-refractivity contribution is 7.89. The quantitative estimate of drug-likeness (QED) is 0.741. The van der Waals surface area contributed by atoms with Crippen LogP contribution in [0.3, 0.4) is 0 Å². The second kappa shape index (κ2) is 8.82. The average Bonchev–Trinajstić information content (AvgIpc) is 2.60. The molecule has 2 aromatic rings. The Morgan fingerprint density at radius 3 is 2.46 bits per heavy atom. The van der Waals surface area contributed by atoms with Crippen molar-refractivity contribution < 1.29 is 17.9 Å². The van der Waals surface area contributed by atoms with Crippen molar-refractivity contribution in [3.63, 3.8) is 0 Å². The van der Waals surface area contributed by atoms with Gasteiger partial charge >= 0.3 is 0 Å². The van der Waals surface area contributed by atoms with E-state index < -0.39 is 10.0 Å². The third-order valence-electron chi connectivity index (χ3n) is 3.77. The van der Waals surface area contributed by atoms with Crippen molar-refractivity contribution in [2.45, 2.75) is 38.1 Å². The molecule has 140 valence electrons. The molecule has 0 aromatic heterocycles. The van der Waals surface area contributed by atoms with E-state index in [4.69, 9.17) is 4.74 Å². The summed E-state index contributed by atoms with van der Waals surface area (Å²) in [5.41, 5.74) is 1.75. The molecule has 0 fully saturated rings. The molecule has 0 saturated heterocycles. The maximum absolute atomic E-state index is 12.2. The van der Waals surface area contributed by atoms with E-state index >= 15 is 0 Å². The third-order valence-corrected chi connectivity index (χ3v) is 5.38. The number of hydrogen-bond donors (Lipinski definition) is 2. The van der Waals surface area contributed by atoms with E-state index in [2.05, 4.69) is 10.0 Å². The van der Waals surface area contributed by atoms with Crippen LogP contribution in [0.5, 0.6) is 5.75 Å². The summed E-state index contributed by atoms with van der Waals surface area (Å²) in [5, 5.41) is 2.75. The Hall–Kier alpha value is -2.38. The monoisotopic (exact) mass is 376 g/mol. The van der Waals surface area contributed by atoms with E-state index in [-0.39, 0.29) is 23.5 Å². The molecule has 0 saturated carbocycles. The first-order valence-electron chi connectivity index (χ1n) is 8.42. The zero-order valence-corrected chi connectivity index (χ0v) is 16.0. The van der Waals surface area contributed by atoms with E-state index in [1.807, 2.05) is 39.0 Å². The van der Waals surface area contributed by atoms with Crippen LogP contribution in [0.25, 0.3) is 0 Å². The number of hydrogen-bond acceptors (Lipinski definition) is 4. The molecule has 2 N–H and O–H groups in total. The van der Waals surface area contributed by atoms with Gasteiger partial charge in [0.05, 0.1) is 4.90 Å². The Bertz CT molecular complexity index is 848. The topological polar surface area (TPSA) is 84.5 Å². The molecule has 0 unspecified atom stereocenters. The van der Waals surface area contributed by atoms with Crippen LogP contribution in [0.4, 0.5) is 5.69 Å². The molecule has 1 amide bonds. The normalized spacial score (nSPS) is 12.4. The Kier molecular flexibility index (Phi) is 6.76. The molecule has 2 aromatic carbocycles. The first-order valence-corrected chi connectivity index (χ1v) is 9.90. The lowest BCUT2D eigenvalue weighted by molar-refractivity contribution is -0.118. The van der Waals surface area contributed by atoms with Crippen LogP contribution in [0, 0.1) is 6.92 Å². The molecule has 0 aliphatic heterocycles. The van der Waals surface area contributed by atoms with Gasteiger partial charge in [-0.05, 0) is 62.2 Å². The fourth-order valence-corrected chi connectivity index (χ4v) is 3.53. The fourth-order valence-electron chi connectivity index (χ4n) is 2.20. The molecule has 0 radical (unpaired) electrons. The number of carbonyl (C=O) groups excluding carboxylic acids is 1. The standard InChI is InChI=1S/C19H24N2O4S/c1-4-15(3)21-26(23,24)18-10-8-17(9-11-18)25-13-19(22)20-16-7-5-6-14(2)12-16/h5-12,15,21H,4,13H2,1-3H3,(H,20,22)/t15-/m0/s1. The number of anilines is 1. The molecular formula is C19H24N2O4S. The Morgan fingerprint density at radius 1 is 1.15 bits per heavy atom. The number of rotatable bonds is 8. The second-order valence-corrected chi connectivity index (χ2v) is 7.82. The molecule has 2 rings (SSSR count). The smallest absolute Gasteiger partial charge is 0.262 e.